The fourth-order valence-corrected chi connectivity index (χ4v) is 8.84. The number of rotatable bonds is 39. The summed E-state index contributed by atoms with van der Waals surface area (Å²) in [6.45, 7) is 1.40. The molecule has 0 aromatic rings. The molecule has 3 heterocycles. The van der Waals surface area contributed by atoms with Gasteiger partial charge < -0.3 is 89.9 Å². The SMILES string of the molecule is CC/C=C\C/C=C\C/C=C\C/C=C\C/C=C\C/C=C\C/C=C\CCCCCCCC(=O)NC(COC1OC(CO)C(OC2OC(CO)C(OC3OC(CO)C(O)C(O)C3O)C(O)C2O)C(O)C1O)C(O)/C=C/CC/C=C/CCC. The quantitative estimate of drug-likeness (QED) is 0.0301. The van der Waals surface area contributed by atoms with Crippen LogP contribution in [0.1, 0.15) is 129 Å². The van der Waals surface area contributed by atoms with Gasteiger partial charge in [-0.3, -0.25) is 4.79 Å². The van der Waals surface area contributed by atoms with Crippen molar-refractivity contribution < 1.29 is 89.4 Å². The Kier molecular flexibility index (Phi) is 37.3. The Morgan fingerprint density at radius 3 is 1.41 bits per heavy atom. The van der Waals surface area contributed by atoms with Gasteiger partial charge in [-0.1, -0.05) is 149 Å². The largest absolute Gasteiger partial charge is 0.394 e. The molecule has 19 nitrogen and oxygen atoms in total. The number of unbranched alkanes of at least 4 members (excludes halogenated alkanes) is 7. The van der Waals surface area contributed by atoms with Crippen LogP contribution < -0.4 is 5.32 Å². The summed E-state index contributed by atoms with van der Waals surface area (Å²) >= 11 is 0. The molecule has 17 unspecified atom stereocenters. The van der Waals surface area contributed by atoms with E-state index < -0.39 is 124 Å². The first-order valence-electron chi connectivity index (χ1n) is 28.6. The summed E-state index contributed by atoms with van der Waals surface area (Å²) < 4.78 is 34.0. The number of ether oxygens (including phenoxy) is 6. The zero-order valence-electron chi connectivity index (χ0n) is 46.5. The van der Waals surface area contributed by atoms with E-state index in [4.69, 9.17) is 28.4 Å². The van der Waals surface area contributed by atoms with Gasteiger partial charge in [-0.25, -0.2) is 0 Å². The number of allylic oxidation sites excluding steroid dienone is 17. The Labute approximate surface area is 468 Å². The second-order valence-corrected chi connectivity index (χ2v) is 20.0. The van der Waals surface area contributed by atoms with Crippen molar-refractivity contribution in [3.05, 3.63) is 109 Å². The highest BCUT2D eigenvalue weighted by Crippen LogP contribution is 2.33. The van der Waals surface area contributed by atoms with Crippen LogP contribution in [0, 0.1) is 0 Å². The first-order valence-corrected chi connectivity index (χ1v) is 28.6. The van der Waals surface area contributed by atoms with Crippen molar-refractivity contribution in [2.24, 2.45) is 0 Å². The normalized spacial score (nSPS) is 31.1. The molecule has 0 bridgehead atoms. The summed E-state index contributed by atoms with van der Waals surface area (Å²) in [5.74, 6) is -0.317. The number of carbonyl (C=O) groups excluding carboxylic acids is 1. The maximum atomic E-state index is 13.2. The van der Waals surface area contributed by atoms with E-state index in [0.717, 1.165) is 96.3 Å². The van der Waals surface area contributed by atoms with Gasteiger partial charge in [0.25, 0.3) is 0 Å². The molecule has 450 valence electrons. The highest BCUT2D eigenvalue weighted by Gasteiger charge is 2.53. The summed E-state index contributed by atoms with van der Waals surface area (Å²) in [7, 11) is 0. The lowest BCUT2D eigenvalue weighted by Crippen LogP contribution is -2.66. The maximum absolute atomic E-state index is 13.2. The minimum absolute atomic E-state index is 0.204. The minimum atomic E-state index is -1.99. The third-order valence-corrected chi connectivity index (χ3v) is 13.5. The van der Waals surface area contributed by atoms with Gasteiger partial charge in [0, 0.05) is 6.42 Å². The van der Waals surface area contributed by atoms with Crippen LogP contribution in [-0.2, 0) is 33.2 Å². The van der Waals surface area contributed by atoms with Gasteiger partial charge in [-0.2, -0.15) is 0 Å². The molecule has 3 aliphatic rings. The summed E-state index contributed by atoms with van der Waals surface area (Å²) in [6.07, 6.45) is 27.0. The lowest BCUT2D eigenvalue weighted by atomic mass is 9.96. The Morgan fingerprint density at radius 2 is 0.886 bits per heavy atom. The Bertz CT molecular complexity index is 1870. The van der Waals surface area contributed by atoms with E-state index in [1.54, 1.807) is 12.2 Å². The highest BCUT2D eigenvalue weighted by molar-refractivity contribution is 5.76. The molecule has 3 aliphatic heterocycles. The Hall–Kier alpha value is -3.55. The third-order valence-electron chi connectivity index (χ3n) is 13.5. The molecule has 3 rings (SSSR count). The third kappa shape index (κ3) is 26.5. The predicted molar refractivity (Wildman–Crippen MR) is 300 cm³/mol. The average molecular weight is 1120 g/mol. The Balaban J connectivity index is 1.43. The van der Waals surface area contributed by atoms with Crippen molar-refractivity contribution in [2.75, 3.05) is 26.4 Å². The molecule has 1 amide bonds. The zero-order valence-corrected chi connectivity index (χ0v) is 46.5. The number of hydrogen-bond acceptors (Lipinski definition) is 18. The van der Waals surface area contributed by atoms with Gasteiger partial charge in [0.2, 0.25) is 5.91 Å². The number of aliphatic hydroxyl groups is 11. The monoisotopic (exact) mass is 1120 g/mol. The molecular weight excluding hydrogens is 1020 g/mol. The number of amides is 1. The standard InChI is InChI=1S/C60H97NO18/c1-3-5-7-9-11-12-13-14-15-16-17-18-19-20-21-22-23-24-25-26-27-28-29-30-32-34-36-38-48(66)61-43(44(65)37-35-33-31-10-8-6-4-2)42-74-58-54(72)51(69)56(46(40-63)76-58)79-60-55(73)52(70)57(47(41-64)77-60)78-59-53(71)50(68)49(67)45(39-62)75-59/h5,7-8,10-12,14-15,17-18,20-21,23-24,26-27,35,37,43-47,49-60,62-65,67-73H,3-4,6,9,13,16,19,22,25,28-34,36,38-42H2,1-2H3,(H,61,66)/b7-5-,10-8+,12-11-,15-14-,18-17-,21-20-,24-23-,27-26-,37-35+. The van der Waals surface area contributed by atoms with Crippen LogP contribution in [0.3, 0.4) is 0 Å². The number of aliphatic hydroxyl groups excluding tert-OH is 11. The van der Waals surface area contributed by atoms with Crippen LogP contribution >= 0.6 is 0 Å². The van der Waals surface area contributed by atoms with Crippen molar-refractivity contribution in [3.8, 4) is 0 Å². The van der Waals surface area contributed by atoms with Crippen molar-refractivity contribution in [3.63, 3.8) is 0 Å². The zero-order chi connectivity index (χ0) is 57.6. The number of nitrogens with one attached hydrogen (secondary N) is 1. The topological polar surface area (TPSA) is 307 Å². The van der Waals surface area contributed by atoms with Gasteiger partial charge in [0.05, 0.1) is 38.6 Å². The van der Waals surface area contributed by atoms with Crippen LogP contribution in [0.5, 0.6) is 0 Å². The molecule has 0 radical (unpaired) electrons. The lowest BCUT2D eigenvalue weighted by molar-refractivity contribution is -0.379. The second kappa shape index (κ2) is 42.3. The fraction of sp³-hybridized carbons (Fsp3) is 0.683. The van der Waals surface area contributed by atoms with E-state index in [9.17, 15) is 61.0 Å². The van der Waals surface area contributed by atoms with Crippen molar-refractivity contribution in [1.29, 1.82) is 0 Å². The van der Waals surface area contributed by atoms with Crippen LogP contribution in [0.25, 0.3) is 0 Å². The van der Waals surface area contributed by atoms with Crippen LogP contribution in [0.2, 0.25) is 0 Å². The smallest absolute Gasteiger partial charge is 0.220 e. The summed E-state index contributed by atoms with van der Waals surface area (Å²) in [4.78, 5) is 13.2. The number of hydrogen-bond donors (Lipinski definition) is 12. The van der Waals surface area contributed by atoms with Gasteiger partial charge in [-0.15, -0.1) is 0 Å². The van der Waals surface area contributed by atoms with Crippen molar-refractivity contribution in [1.82, 2.24) is 5.32 Å². The van der Waals surface area contributed by atoms with Crippen LogP contribution in [0.15, 0.2) is 109 Å². The van der Waals surface area contributed by atoms with E-state index in [0.29, 0.717) is 12.8 Å². The van der Waals surface area contributed by atoms with Gasteiger partial charge in [-0.05, 0) is 83.5 Å². The fourth-order valence-electron chi connectivity index (χ4n) is 8.84. The van der Waals surface area contributed by atoms with Gasteiger partial charge in [0.15, 0.2) is 18.9 Å². The molecule has 0 saturated carbocycles. The second-order valence-electron chi connectivity index (χ2n) is 20.0. The first kappa shape index (κ1) is 69.7. The van der Waals surface area contributed by atoms with E-state index in [1.165, 1.54) is 0 Å². The van der Waals surface area contributed by atoms with Gasteiger partial charge in [0.1, 0.15) is 73.2 Å². The summed E-state index contributed by atoms with van der Waals surface area (Å²) in [5.41, 5.74) is 0. The molecule has 17 atom stereocenters. The molecular formula is C60H97NO18. The van der Waals surface area contributed by atoms with Crippen molar-refractivity contribution in [2.45, 2.75) is 234 Å². The summed E-state index contributed by atoms with van der Waals surface area (Å²) in [6, 6.07) is -1.01. The number of carbonyl (C=O) groups is 1. The lowest BCUT2D eigenvalue weighted by Gasteiger charge is -2.48. The van der Waals surface area contributed by atoms with Crippen LogP contribution in [0.4, 0.5) is 0 Å². The molecule has 12 N–H and O–H groups in total. The van der Waals surface area contributed by atoms with Crippen LogP contribution in [-0.4, -0.2) is 193 Å². The molecule has 19 heteroatoms. The first-order chi connectivity index (χ1) is 38.3. The Morgan fingerprint density at radius 1 is 0.468 bits per heavy atom. The molecule has 3 fully saturated rings. The average Bonchev–Trinajstić information content (AvgIpc) is 3.47. The molecule has 3 saturated heterocycles. The summed E-state index contributed by atoms with van der Waals surface area (Å²) in [5, 5.41) is 120. The van der Waals surface area contributed by atoms with E-state index >= 15 is 0 Å². The molecule has 0 aromatic heterocycles. The van der Waals surface area contributed by atoms with E-state index in [2.05, 4.69) is 116 Å². The predicted octanol–water partition coefficient (Wildman–Crippen LogP) is 4.36. The maximum Gasteiger partial charge on any atom is 0.220 e. The van der Waals surface area contributed by atoms with Crippen molar-refractivity contribution >= 4 is 5.91 Å². The van der Waals surface area contributed by atoms with E-state index in [1.807, 2.05) is 0 Å². The minimum Gasteiger partial charge on any atom is -0.394 e. The van der Waals surface area contributed by atoms with E-state index in [-0.39, 0.29) is 18.9 Å². The molecule has 0 spiro atoms. The highest BCUT2D eigenvalue weighted by atomic mass is 16.8. The molecule has 0 aliphatic carbocycles. The molecule has 0 aromatic carbocycles. The molecule has 79 heavy (non-hydrogen) atoms. The van der Waals surface area contributed by atoms with Gasteiger partial charge >= 0.3 is 0 Å².